The molecule has 186 valence electrons. The van der Waals surface area contributed by atoms with Crippen molar-refractivity contribution in [2.24, 2.45) is 7.05 Å². The molecule has 0 saturated heterocycles. The van der Waals surface area contributed by atoms with Crippen molar-refractivity contribution >= 4 is 62.2 Å². The molecule has 38 heavy (non-hydrogen) atoms. The van der Waals surface area contributed by atoms with Gasteiger partial charge in [0.15, 0.2) is 0 Å². The maximum atomic E-state index is 6.52. The van der Waals surface area contributed by atoms with E-state index in [0.29, 0.717) is 0 Å². The molecule has 0 aliphatic rings. The molecule has 3 heteroatoms. The molecule has 3 nitrogen and oxygen atoms in total. The zero-order valence-corrected chi connectivity index (χ0v) is 22.1. The Morgan fingerprint density at radius 2 is 1.63 bits per heavy atom. The van der Waals surface area contributed by atoms with E-state index in [0.717, 1.165) is 28.2 Å². The fraction of sp³-hybridized carbons (Fsp3) is 0.0857. The summed E-state index contributed by atoms with van der Waals surface area (Å²) >= 11 is 0. The number of nitrogen functional groups attached to an aromatic ring is 1. The summed E-state index contributed by atoms with van der Waals surface area (Å²) in [6, 6.07) is 29.8. The number of nitrogens with zero attached hydrogens (tertiary/aromatic N) is 2. The van der Waals surface area contributed by atoms with Gasteiger partial charge in [-0.05, 0) is 73.0 Å². The molecule has 0 unspecified atom stereocenters. The second kappa shape index (κ2) is 9.28. The van der Waals surface area contributed by atoms with Crippen molar-refractivity contribution in [3.63, 3.8) is 0 Å². The second-order valence-corrected chi connectivity index (χ2v) is 9.78. The smallest absolute Gasteiger partial charge is 0.0641 e. The molecule has 0 aliphatic heterocycles. The van der Waals surface area contributed by atoms with E-state index in [-0.39, 0.29) is 0 Å². The van der Waals surface area contributed by atoms with Gasteiger partial charge in [0.05, 0.1) is 16.7 Å². The first kappa shape index (κ1) is 23.6. The summed E-state index contributed by atoms with van der Waals surface area (Å²) in [4.78, 5) is 0. The van der Waals surface area contributed by atoms with Crippen LogP contribution in [0.15, 0.2) is 97.6 Å². The van der Waals surface area contributed by atoms with Crippen molar-refractivity contribution in [3.8, 4) is 5.69 Å². The molecule has 0 aliphatic carbocycles. The van der Waals surface area contributed by atoms with Gasteiger partial charge in [0.2, 0.25) is 0 Å². The minimum atomic E-state index is 0.757. The van der Waals surface area contributed by atoms with Crippen LogP contribution in [0.3, 0.4) is 0 Å². The van der Waals surface area contributed by atoms with Gasteiger partial charge >= 0.3 is 0 Å². The number of anilines is 1. The molecule has 0 bridgehead atoms. The zero-order valence-electron chi connectivity index (χ0n) is 22.1. The summed E-state index contributed by atoms with van der Waals surface area (Å²) in [5.41, 5.74) is 17.5. The third-order valence-corrected chi connectivity index (χ3v) is 7.54. The van der Waals surface area contributed by atoms with E-state index in [9.17, 15) is 0 Å². The van der Waals surface area contributed by atoms with E-state index in [1.165, 1.54) is 43.8 Å². The Labute approximate surface area is 223 Å². The van der Waals surface area contributed by atoms with Crippen LogP contribution in [0.25, 0.3) is 62.2 Å². The van der Waals surface area contributed by atoms with Gasteiger partial charge in [-0.2, -0.15) is 0 Å². The van der Waals surface area contributed by atoms with Gasteiger partial charge in [-0.1, -0.05) is 73.3 Å². The highest BCUT2D eigenvalue weighted by molar-refractivity contribution is 6.21. The predicted octanol–water partition coefficient (Wildman–Crippen LogP) is 9.09. The van der Waals surface area contributed by atoms with E-state index < -0.39 is 0 Å². The standard InChI is InChI=1S/C35H31N3/c1-5-12-32-27(6-2)28-18-20-33-34(29-15-10-11-16-31(29)37(33)4)35(28)38(32)26-17-19-30(36)25(22-26)21-23(3)24-13-8-7-9-14-24/h5-22H,2,36H2,1,3-4H3/b12-5-,23-21+. The number of aryl methyl sites for hydroxylation is 1. The van der Waals surface area contributed by atoms with E-state index in [2.05, 4.69) is 128 Å². The van der Waals surface area contributed by atoms with Crippen LogP contribution in [-0.4, -0.2) is 9.13 Å². The van der Waals surface area contributed by atoms with Gasteiger partial charge in [0.1, 0.15) is 0 Å². The van der Waals surface area contributed by atoms with Crippen molar-refractivity contribution in [2.45, 2.75) is 13.8 Å². The van der Waals surface area contributed by atoms with E-state index >= 15 is 0 Å². The molecular formula is C35H31N3. The number of hydrogen-bond acceptors (Lipinski definition) is 1. The average molecular weight is 494 g/mol. The molecule has 6 rings (SSSR count). The first-order valence-electron chi connectivity index (χ1n) is 13.0. The largest absolute Gasteiger partial charge is 0.398 e. The van der Waals surface area contributed by atoms with Gasteiger partial charge in [-0.3, -0.25) is 0 Å². The summed E-state index contributed by atoms with van der Waals surface area (Å²) in [7, 11) is 2.14. The van der Waals surface area contributed by atoms with Crippen LogP contribution in [0.2, 0.25) is 0 Å². The second-order valence-electron chi connectivity index (χ2n) is 9.78. The Bertz CT molecular complexity index is 1910. The molecule has 2 aromatic heterocycles. The lowest BCUT2D eigenvalue weighted by molar-refractivity contribution is 1.01. The summed E-state index contributed by atoms with van der Waals surface area (Å²) in [5, 5.41) is 3.67. The first-order chi connectivity index (χ1) is 18.5. The highest BCUT2D eigenvalue weighted by atomic mass is 15.0. The van der Waals surface area contributed by atoms with Crippen LogP contribution in [0.1, 0.15) is 36.2 Å². The minimum Gasteiger partial charge on any atom is -0.398 e. The Hall–Kier alpha value is -4.76. The monoisotopic (exact) mass is 493 g/mol. The van der Waals surface area contributed by atoms with Crippen molar-refractivity contribution in [1.82, 2.24) is 9.13 Å². The topological polar surface area (TPSA) is 35.9 Å². The van der Waals surface area contributed by atoms with Gasteiger partial charge in [-0.15, -0.1) is 0 Å². The summed E-state index contributed by atoms with van der Waals surface area (Å²) in [5.74, 6) is 0. The van der Waals surface area contributed by atoms with Crippen molar-refractivity contribution < 1.29 is 0 Å². The molecule has 6 aromatic rings. The van der Waals surface area contributed by atoms with Gasteiger partial charge in [-0.25, -0.2) is 0 Å². The molecular weight excluding hydrogens is 462 g/mol. The van der Waals surface area contributed by atoms with Crippen molar-refractivity contribution in [3.05, 3.63) is 120 Å². The molecule has 0 atom stereocenters. The lowest BCUT2D eigenvalue weighted by Gasteiger charge is -2.13. The van der Waals surface area contributed by atoms with Gasteiger partial charge in [0.25, 0.3) is 0 Å². The summed E-state index contributed by atoms with van der Waals surface area (Å²) in [6.07, 6.45) is 8.42. The van der Waals surface area contributed by atoms with Gasteiger partial charge in [0, 0.05) is 45.7 Å². The molecule has 0 amide bonds. The highest BCUT2D eigenvalue weighted by Gasteiger charge is 2.21. The van der Waals surface area contributed by atoms with E-state index in [1.807, 2.05) is 18.2 Å². The number of rotatable bonds is 5. The van der Waals surface area contributed by atoms with Gasteiger partial charge < -0.3 is 14.9 Å². The Morgan fingerprint density at radius 1 is 0.868 bits per heavy atom. The van der Waals surface area contributed by atoms with Crippen LogP contribution >= 0.6 is 0 Å². The fourth-order valence-corrected chi connectivity index (χ4v) is 5.71. The third kappa shape index (κ3) is 3.59. The summed E-state index contributed by atoms with van der Waals surface area (Å²) < 4.78 is 4.65. The van der Waals surface area contributed by atoms with E-state index in [4.69, 9.17) is 5.73 Å². The normalized spacial score (nSPS) is 12.3. The fourth-order valence-electron chi connectivity index (χ4n) is 5.71. The molecule has 2 N–H and O–H groups in total. The summed E-state index contributed by atoms with van der Waals surface area (Å²) in [6.45, 7) is 8.39. The van der Waals surface area contributed by atoms with Crippen LogP contribution in [0, 0.1) is 0 Å². The average Bonchev–Trinajstić information content (AvgIpc) is 3.42. The Balaban J connectivity index is 1.71. The number of nitrogens with two attached hydrogens (primary N) is 1. The molecule has 4 aromatic carbocycles. The van der Waals surface area contributed by atoms with Crippen LogP contribution in [0.4, 0.5) is 5.69 Å². The highest BCUT2D eigenvalue weighted by Crippen LogP contribution is 2.40. The number of hydrogen-bond donors (Lipinski definition) is 1. The Morgan fingerprint density at radius 3 is 2.39 bits per heavy atom. The lowest BCUT2D eigenvalue weighted by Crippen LogP contribution is -2.00. The van der Waals surface area contributed by atoms with E-state index in [1.54, 1.807) is 0 Å². The third-order valence-electron chi connectivity index (χ3n) is 7.54. The molecule has 2 heterocycles. The number of fused-ring (bicyclic) bond motifs is 5. The maximum Gasteiger partial charge on any atom is 0.0641 e. The molecule has 0 spiro atoms. The quantitative estimate of drug-likeness (QED) is 0.189. The number of para-hydroxylation sites is 1. The number of benzene rings is 4. The molecule has 0 saturated carbocycles. The van der Waals surface area contributed by atoms with Crippen molar-refractivity contribution in [1.29, 1.82) is 0 Å². The number of aromatic nitrogens is 2. The zero-order chi connectivity index (χ0) is 26.4. The lowest BCUT2D eigenvalue weighted by atomic mass is 10.0. The SMILES string of the molecule is C=Cc1c(/C=C\C)n(-c2ccc(N)c(/C=C(\C)c3ccccc3)c2)c2c1ccc1c2c2ccccc2n1C. The predicted molar refractivity (Wildman–Crippen MR) is 166 cm³/mol. The van der Waals surface area contributed by atoms with Crippen molar-refractivity contribution in [2.75, 3.05) is 5.73 Å². The minimum absolute atomic E-state index is 0.757. The van der Waals surface area contributed by atoms with Crippen LogP contribution < -0.4 is 5.73 Å². The maximum absolute atomic E-state index is 6.52. The number of allylic oxidation sites excluding steroid dienone is 2. The van der Waals surface area contributed by atoms with Crippen LogP contribution in [0.5, 0.6) is 0 Å². The molecule has 0 fully saturated rings. The molecule has 0 radical (unpaired) electrons. The van der Waals surface area contributed by atoms with Crippen LogP contribution in [-0.2, 0) is 7.05 Å². The first-order valence-corrected chi connectivity index (χ1v) is 13.0. The Kier molecular flexibility index (Phi) is 5.77.